The van der Waals surface area contributed by atoms with Crippen molar-refractivity contribution in [2.75, 3.05) is 0 Å². The van der Waals surface area contributed by atoms with E-state index in [1.54, 1.807) is 48.5 Å². The molecular weight excluding hydrogens is 616 g/mol. The summed E-state index contributed by atoms with van der Waals surface area (Å²) in [6.45, 7) is 0. The lowest BCUT2D eigenvalue weighted by Crippen LogP contribution is -1.97. The van der Waals surface area contributed by atoms with E-state index in [0.717, 1.165) is 59.1 Å². The highest BCUT2D eigenvalue weighted by Crippen LogP contribution is 2.42. The highest BCUT2D eigenvalue weighted by atomic mass is 16.5. The van der Waals surface area contributed by atoms with E-state index in [-0.39, 0.29) is 40.2 Å². The molecule has 0 unspecified atom stereocenters. The summed E-state index contributed by atoms with van der Waals surface area (Å²) >= 11 is 0. The monoisotopic (exact) mass is 654 g/mol. The fourth-order valence-corrected chi connectivity index (χ4v) is 5.81. The quantitative estimate of drug-likeness (QED) is 0.0842. The topological polar surface area (TPSA) is 120 Å². The molecule has 0 radical (unpaired) electrons. The Hall–Kier alpha value is -6.08. The van der Waals surface area contributed by atoms with Crippen LogP contribution in [0.4, 0.5) is 0 Å². The van der Waals surface area contributed by atoms with Crippen LogP contribution in [-0.4, -0.2) is 25.5 Å². The summed E-state index contributed by atoms with van der Waals surface area (Å²) in [6.07, 6.45) is 3.99. The number of phenols is 5. The van der Waals surface area contributed by atoms with Gasteiger partial charge < -0.3 is 35.0 Å². The van der Waals surface area contributed by atoms with Gasteiger partial charge >= 0.3 is 0 Å². The minimum absolute atomic E-state index is 0.0124. The Bertz CT molecular complexity index is 1920. The normalized spacial score (nSPS) is 10.9. The first kappa shape index (κ1) is 32.8. The van der Waals surface area contributed by atoms with Crippen LogP contribution in [0.2, 0.25) is 0 Å². The number of phenolic OH excluding ortho intramolecular Hbond substituents is 5. The van der Waals surface area contributed by atoms with Gasteiger partial charge in [0.05, 0.1) is 0 Å². The van der Waals surface area contributed by atoms with Crippen molar-refractivity contribution >= 4 is 0 Å². The molecular formula is C42H38O7. The van der Waals surface area contributed by atoms with Crippen LogP contribution in [0.5, 0.6) is 51.7 Å². The van der Waals surface area contributed by atoms with E-state index >= 15 is 0 Å². The third kappa shape index (κ3) is 9.26. The molecule has 7 heteroatoms. The van der Waals surface area contributed by atoms with Gasteiger partial charge in [0.1, 0.15) is 34.5 Å². The second-order valence-corrected chi connectivity index (χ2v) is 12.1. The Morgan fingerprint density at radius 3 is 1.10 bits per heavy atom. The van der Waals surface area contributed by atoms with Crippen molar-refractivity contribution in [3.63, 3.8) is 0 Å². The zero-order valence-electron chi connectivity index (χ0n) is 26.9. The van der Waals surface area contributed by atoms with Gasteiger partial charge in [0.25, 0.3) is 0 Å². The summed E-state index contributed by atoms with van der Waals surface area (Å²) in [5.74, 6) is 1.88. The Labute approximate surface area is 285 Å². The molecule has 0 bridgehead atoms. The molecule has 0 aliphatic heterocycles. The predicted octanol–water partition coefficient (Wildman–Crippen LogP) is 9.15. The van der Waals surface area contributed by atoms with E-state index < -0.39 is 0 Å². The highest BCUT2D eigenvalue weighted by Gasteiger charge is 2.16. The van der Waals surface area contributed by atoms with Crippen molar-refractivity contribution in [1.29, 1.82) is 0 Å². The molecule has 6 rings (SSSR count). The summed E-state index contributed by atoms with van der Waals surface area (Å²) in [4.78, 5) is 0. The first-order chi connectivity index (χ1) is 23.8. The fraction of sp³-hybridized carbons (Fsp3) is 0.143. The van der Waals surface area contributed by atoms with Crippen LogP contribution in [0.25, 0.3) is 0 Å². The summed E-state index contributed by atoms with van der Waals surface area (Å²) in [5.41, 5.74) is 5.72. The Balaban J connectivity index is 1.23. The van der Waals surface area contributed by atoms with Crippen LogP contribution in [0.1, 0.15) is 33.4 Å². The molecule has 248 valence electrons. The van der Waals surface area contributed by atoms with Crippen LogP contribution in [0.3, 0.4) is 0 Å². The molecule has 0 saturated carbocycles. The van der Waals surface area contributed by atoms with Gasteiger partial charge in [0.2, 0.25) is 5.75 Å². The van der Waals surface area contributed by atoms with Crippen LogP contribution in [0, 0.1) is 0 Å². The first-order valence-electron chi connectivity index (χ1n) is 16.2. The number of aromatic hydroxyl groups is 5. The van der Waals surface area contributed by atoms with Crippen molar-refractivity contribution in [2.45, 2.75) is 38.5 Å². The number of ether oxygens (including phenoxy) is 2. The second-order valence-electron chi connectivity index (χ2n) is 12.1. The van der Waals surface area contributed by atoms with E-state index in [1.807, 2.05) is 72.8 Å². The van der Waals surface area contributed by atoms with Gasteiger partial charge in [-0.3, -0.25) is 0 Å². The van der Waals surface area contributed by atoms with Gasteiger partial charge in [0, 0.05) is 6.07 Å². The number of aryl methyl sites for hydroxylation is 6. The predicted molar refractivity (Wildman–Crippen MR) is 189 cm³/mol. The van der Waals surface area contributed by atoms with Gasteiger partial charge in [-0.05, 0) is 145 Å². The third-order valence-corrected chi connectivity index (χ3v) is 8.24. The van der Waals surface area contributed by atoms with Gasteiger partial charge in [-0.2, -0.15) is 0 Å². The van der Waals surface area contributed by atoms with Gasteiger partial charge in [-0.25, -0.2) is 0 Å². The smallest absolute Gasteiger partial charge is 0.202 e. The third-order valence-electron chi connectivity index (χ3n) is 8.24. The SMILES string of the molecule is Oc1cccc(CCc2cccc(Oc3cc(CCc4cc(O)cc(O)c4)cc(Oc4cccc(CCc5cccc(O)c5)c4)c3O)c2)c1. The lowest BCUT2D eigenvalue weighted by Gasteiger charge is -2.16. The molecule has 0 saturated heterocycles. The van der Waals surface area contributed by atoms with Crippen molar-refractivity contribution in [1.82, 2.24) is 0 Å². The summed E-state index contributed by atoms with van der Waals surface area (Å²) in [6, 6.07) is 37.9. The van der Waals surface area contributed by atoms with E-state index in [0.29, 0.717) is 24.3 Å². The zero-order valence-corrected chi connectivity index (χ0v) is 26.9. The molecule has 6 aromatic rings. The summed E-state index contributed by atoms with van der Waals surface area (Å²) in [5, 5.41) is 51.0. The minimum atomic E-state index is -0.144. The summed E-state index contributed by atoms with van der Waals surface area (Å²) < 4.78 is 12.6. The van der Waals surface area contributed by atoms with Crippen molar-refractivity contribution in [3.8, 4) is 51.7 Å². The van der Waals surface area contributed by atoms with Crippen LogP contribution in [0.15, 0.2) is 127 Å². The molecule has 6 aromatic carbocycles. The number of rotatable bonds is 13. The molecule has 0 atom stereocenters. The van der Waals surface area contributed by atoms with Crippen LogP contribution >= 0.6 is 0 Å². The fourth-order valence-electron chi connectivity index (χ4n) is 5.81. The van der Waals surface area contributed by atoms with E-state index in [1.165, 1.54) is 6.07 Å². The Morgan fingerprint density at radius 2 is 0.673 bits per heavy atom. The molecule has 5 N–H and O–H groups in total. The highest BCUT2D eigenvalue weighted by molar-refractivity contribution is 5.56. The molecule has 49 heavy (non-hydrogen) atoms. The van der Waals surface area contributed by atoms with Gasteiger partial charge in [-0.1, -0.05) is 48.5 Å². The second kappa shape index (κ2) is 15.2. The lowest BCUT2D eigenvalue weighted by molar-refractivity contribution is 0.377. The average molecular weight is 655 g/mol. The van der Waals surface area contributed by atoms with Crippen molar-refractivity contribution < 1.29 is 35.0 Å². The molecule has 0 spiro atoms. The van der Waals surface area contributed by atoms with E-state index in [2.05, 4.69) is 0 Å². The van der Waals surface area contributed by atoms with Crippen molar-refractivity contribution in [3.05, 3.63) is 161 Å². The number of hydrogen-bond acceptors (Lipinski definition) is 7. The first-order valence-corrected chi connectivity index (χ1v) is 16.2. The largest absolute Gasteiger partial charge is 0.508 e. The molecule has 0 aromatic heterocycles. The molecule has 0 amide bonds. The Kier molecular flexibility index (Phi) is 10.2. The molecule has 0 aliphatic rings. The van der Waals surface area contributed by atoms with E-state index in [9.17, 15) is 25.5 Å². The Morgan fingerprint density at radius 1 is 0.327 bits per heavy atom. The standard InChI is InChI=1S/C42H38O7/c43-34-9-1-5-28(19-34)13-15-30-7-3-11-38(23-30)48-40-25-33(18-17-32-21-36(45)27-37(46)22-32)26-41(42(40)47)49-39-12-4-8-31(24-39)16-14-29-6-2-10-35(44)20-29/h1-12,19-27,43-47H,13-18H2. The van der Waals surface area contributed by atoms with Gasteiger partial charge in [0.15, 0.2) is 11.5 Å². The molecule has 0 aliphatic carbocycles. The average Bonchev–Trinajstić information content (AvgIpc) is 3.07. The van der Waals surface area contributed by atoms with E-state index in [4.69, 9.17) is 9.47 Å². The van der Waals surface area contributed by atoms with Gasteiger partial charge in [-0.15, -0.1) is 0 Å². The maximum Gasteiger partial charge on any atom is 0.202 e. The number of benzene rings is 6. The lowest BCUT2D eigenvalue weighted by atomic mass is 10.0. The van der Waals surface area contributed by atoms with Crippen molar-refractivity contribution in [2.24, 2.45) is 0 Å². The molecule has 0 fully saturated rings. The minimum Gasteiger partial charge on any atom is -0.508 e. The molecule has 7 nitrogen and oxygen atoms in total. The maximum atomic E-state index is 11.4. The zero-order chi connectivity index (χ0) is 34.2. The summed E-state index contributed by atoms with van der Waals surface area (Å²) in [7, 11) is 0. The number of hydrogen-bond donors (Lipinski definition) is 5. The maximum absolute atomic E-state index is 11.4. The molecule has 0 heterocycles. The van der Waals surface area contributed by atoms with Crippen LogP contribution < -0.4 is 9.47 Å². The van der Waals surface area contributed by atoms with Crippen LogP contribution in [-0.2, 0) is 38.5 Å².